The maximum absolute atomic E-state index is 10.7. The molecule has 0 aromatic heterocycles. The molecule has 0 saturated carbocycles. The second-order valence-electron chi connectivity index (χ2n) is 1.90. The average molecular weight is 224 g/mol. The van der Waals surface area contributed by atoms with E-state index in [2.05, 4.69) is 5.32 Å². The molecular formula is C4H13AlN4O5. The van der Waals surface area contributed by atoms with Gasteiger partial charge in [-0.3, -0.25) is 10.1 Å². The third-order valence-electron chi connectivity index (χ3n) is 1.06. The zero-order valence-electron chi connectivity index (χ0n) is 6.38. The second kappa shape index (κ2) is 7.10. The van der Waals surface area contributed by atoms with Crippen LogP contribution in [0.25, 0.3) is 0 Å². The summed E-state index contributed by atoms with van der Waals surface area (Å²) in [4.78, 5) is 31.3. The number of urea groups is 2. The van der Waals surface area contributed by atoms with Gasteiger partial charge in [0.05, 0.1) is 0 Å². The summed E-state index contributed by atoms with van der Waals surface area (Å²) in [5.74, 6) is -0.617. The molecule has 1 aliphatic heterocycles. The largest absolute Gasteiger partial charge is 0.412 e. The predicted molar refractivity (Wildman–Crippen MR) is 50.3 cm³/mol. The Morgan fingerprint density at radius 1 is 1.36 bits per heavy atom. The summed E-state index contributed by atoms with van der Waals surface area (Å²) >= 11 is 0. The molecule has 0 aromatic rings. The smallest absolute Gasteiger partial charge is 0.323 e. The first-order valence-corrected chi connectivity index (χ1v) is 2.77. The quantitative estimate of drug-likeness (QED) is 0.258. The number of nitrogens with one attached hydrogen (secondary N) is 3. The molecular weight excluding hydrogens is 211 g/mol. The van der Waals surface area contributed by atoms with Crippen LogP contribution in [0.3, 0.4) is 0 Å². The predicted octanol–water partition coefficient (Wildman–Crippen LogP) is -5.01. The zero-order valence-corrected chi connectivity index (χ0v) is 6.38. The minimum Gasteiger partial charge on any atom is -0.412 e. The van der Waals surface area contributed by atoms with E-state index in [1.54, 1.807) is 0 Å². The van der Waals surface area contributed by atoms with Crippen molar-refractivity contribution in [1.82, 2.24) is 16.0 Å². The highest BCUT2D eigenvalue weighted by molar-refractivity contribution is 6.05. The van der Waals surface area contributed by atoms with E-state index in [0.29, 0.717) is 0 Å². The minimum absolute atomic E-state index is 0. The van der Waals surface area contributed by atoms with Crippen LogP contribution in [0.1, 0.15) is 0 Å². The number of carbonyl (C=O) groups excluding carboxylic acids is 3. The van der Waals surface area contributed by atoms with Crippen LogP contribution in [0.5, 0.6) is 0 Å². The minimum atomic E-state index is -1.04. The standard InChI is InChI=1S/C4H6N4O3.Al.2H2O.3H/c5-3(10)6-1-2(9)8-4(11)7-1;;;;;;/h1H,(H3,5,6,10)(H2,7,8,9,11);;2*1H2;;;. The molecule has 9 nitrogen and oxygen atoms in total. The number of imide groups is 1. The van der Waals surface area contributed by atoms with Gasteiger partial charge in [-0.1, -0.05) is 0 Å². The van der Waals surface area contributed by atoms with Crippen molar-refractivity contribution in [1.29, 1.82) is 0 Å². The van der Waals surface area contributed by atoms with Crippen LogP contribution in [0.2, 0.25) is 0 Å². The lowest BCUT2D eigenvalue weighted by atomic mass is 10.5. The fourth-order valence-electron chi connectivity index (χ4n) is 0.661. The molecule has 1 unspecified atom stereocenters. The Bertz CT molecular complexity index is 234. The van der Waals surface area contributed by atoms with Gasteiger partial charge < -0.3 is 27.3 Å². The number of rotatable bonds is 1. The molecule has 14 heavy (non-hydrogen) atoms. The summed E-state index contributed by atoms with van der Waals surface area (Å²) in [5.41, 5.74) is 4.70. The van der Waals surface area contributed by atoms with Crippen molar-refractivity contribution in [3.8, 4) is 0 Å². The lowest BCUT2D eigenvalue weighted by Gasteiger charge is -2.05. The molecule has 82 valence electrons. The topological polar surface area (TPSA) is 176 Å². The summed E-state index contributed by atoms with van der Waals surface area (Å²) in [5, 5.41) is 6.05. The van der Waals surface area contributed by atoms with Crippen molar-refractivity contribution in [2.24, 2.45) is 5.73 Å². The van der Waals surface area contributed by atoms with Gasteiger partial charge in [-0.05, 0) is 0 Å². The number of amides is 5. The van der Waals surface area contributed by atoms with Gasteiger partial charge in [-0.25, -0.2) is 9.59 Å². The summed E-state index contributed by atoms with van der Waals surface area (Å²) in [7, 11) is 0. The number of nitrogens with two attached hydrogens (primary N) is 1. The van der Waals surface area contributed by atoms with Crippen molar-refractivity contribution >= 4 is 35.3 Å². The Morgan fingerprint density at radius 3 is 2.14 bits per heavy atom. The van der Waals surface area contributed by atoms with Crippen LogP contribution in [0.15, 0.2) is 0 Å². The molecule has 0 aliphatic carbocycles. The average Bonchev–Trinajstić information content (AvgIpc) is 2.09. The normalized spacial score (nSPS) is 17.6. The maximum atomic E-state index is 10.7. The molecule has 1 saturated heterocycles. The first-order chi connectivity index (χ1) is 5.09. The molecule has 5 amide bonds. The molecule has 0 bridgehead atoms. The van der Waals surface area contributed by atoms with Gasteiger partial charge in [0, 0.05) is 0 Å². The molecule has 10 heteroatoms. The third-order valence-corrected chi connectivity index (χ3v) is 1.06. The molecule has 0 spiro atoms. The Morgan fingerprint density at radius 2 is 1.86 bits per heavy atom. The van der Waals surface area contributed by atoms with E-state index in [1.807, 2.05) is 10.6 Å². The van der Waals surface area contributed by atoms with E-state index in [1.165, 1.54) is 0 Å². The molecule has 0 radical (unpaired) electrons. The van der Waals surface area contributed by atoms with Gasteiger partial charge in [0.1, 0.15) is 0 Å². The molecule has 1 fully saturated rings. The molecule has 1 aliphatic rings. The van der Waals surface area contributed by atoms with Crippen molar-refractivity contribution in [3.05, 3.63) is 0 Å². The van der Waals surface area contributed by atoms with Crippen molar-refractivity contribution in [2.45, 2.75) is 6.17 Å². The number of primary amides is 1. The van der Waals surface area contributed by atoms with Crippen LogP contribution in [0.4, 0.5) is 9.59 Å². The second-order valence-corrected chi connectivity index (χ2v) is 1.90. The van der Waals surface area contributed by atoms with Crippen LogP contribution in [-0.2, 0) is 4.79 Å². The van der Waals surface area contributed by atoms with Gasteiger partial charge in [0.2, 0.25) is 0 Å². The lowest BCUT2D eigenvalue weighted by molar-refractivity contribution is -0.120. The summed E-state index contributed by atoms with van der Waals surface area (Å²) in [6.07, 6.45) is -1.04. The van der Waals surface area contributed by atoms with E-state index in [-0.39, 0.29) is 28.3 Å². The van der Waals surface area contributed by atoms with E-state index < -0.39 is 24.1 Å². The highest BCUT2D eigenvalue weighted by Crippen LogP contribution is 1.86. The zero-order chi connectivity index (χ0) is 8.43. The van der Waals surface area contributed by atoms with E-state index in [0.717, 1.165) is 0 Å². The summed E-state index contributed by atoms with van der Waals surface area (Å²) in [6, 6.07) is -1.51. The number of carbonyl (C=O) groups is 3. The first-order valence-electron chi connectivity index (χ1n) is 2.77. The molecule has 0 aromatic carbocycles. The Kier molecular flexibility index (Phi) is 9.36. The Balaban J connectivity index is -0.000000403. The van der Waals surface area contributed by atoms with Crippen LogP contribution in [-0.4, -0.2) is 52.4 Å². The van der Waals surface area contributed by atoms with Gasteiger partial charge in [-0.2, -0.15) is 0 Å². The SMILES string of the molecule is NC(=O)NC1NC(=O)NC1=O.O.O.[AlH3]. The Labute approximate surface area is 89.1 Å². The van der Waals surface area contributed by atoms with Gasteiger partial charge in [0.15, 0.2) is 23.5 Å². The first kappa shape index (κ1) is 18.4. The van der Waals surface area contributed by atoms with Crippen molar-refractivity contribution in [2.75, 3.05) is 0 Å². The van der Waals surface area contributed by atoms with Gasteiger partial charge >= 0.3 is 12.1 Å². The van der Waals surface area contributed by atoms with E-state index >= 15 is 0 Å². The maximum Gasteiger partial charge on any atom is 0.323 e. The van der Waals surface area contributed by atoms with Crippen LogP contribution < -0.4 is 21.7 Å². The summed E-state index contributed by atoms with van der Waals surface area (Å²) < 4.78 is 0. The molecule has 1 rings (SSSR count). The molecule has 9 N–H and O–H groups in total. The van der Waals surface area contributed by atoms with Gasteiger partial charge in [0.25, 0.3) is 5.91 Å². The highest BCUT2D eigenvalue weighted by atomic mass is 27.0. The highest BCUT2D eigenvalue weighted by Gasteiger charge is 2.29. The van der Waals surface area contributed by atoms with E-state index in [4.69, 9.17) is 5.73 Å². The van der Waals surface area contributed by atoms with Crippen molar-refractivity contribution < 1.29 is 25.3 Å². The number of hydrogen-bond acceptors (Lipinski definition) is 3. The molecule has 1 atom stereocenters. The van der Waals surface area contributed by atoms with Gasteiger partial charge in [-0.15, -0.1) is 0 Å². The monoisotopic (exact) mass is 224 g/mol. The molecule has 1 heterocycles. The van der Waals surface area contributed by atoms with Crippen LogP contribution in [0, 0.1) is 0 Å². The van der Waals surface area contributed by atoms with Crippen LogP contribution >= 0.6 is 0 Å². The third kappa shape index (κ3) is 4.63. The lowest BCUT2D eigenvalue weighted by Crippen LogP contribution is -2.48. The fraction of sp³-hybridized carbons (Fsp3) is 0.250. The number of hydrogen-bond donors (Lipinski definition) is 4. The van der Waals surface area contributed by atoms with E-state index in [9.17, 15) is 14.4 Å². The summed E-state index contributed by atoms with van der Waals surface area (Å²) in [6.45, 7) is 0. The Hall–Kier alpha value is -1.34. The van der Waals surface area contributed by atoms with Crippen molar-refractivity contribution in [3.63, 3.8) is 0 Å². The fourth-order valence-corrected chi connectivity index (χ4v) is 0.661.